The molecular weight excluding hydrogens is 218 g/mol. The quantitative estimate of drug-likeness (QED) is 0.852. The summed E-state index contributed by atoms with van der Waals surface area (Å²) in [6.45, 7) is 5.99. The molecule has 0 spiro atoms. The lowest BCUT2D eigenvalue weighted by Gasteiger charge is -2.36. The van der Waals surface area contributed by atoms with E-state index in [-0.39, 0.29) is 0 Å². The highest BCUT2D eigenvalue weighted by molar-refractivity contribution is 5.40. The number of rotatable bonds is 3. The first-order valence-electron chi connectivity index (χ1n) is 7.53. The van der Waals surface area contributed by atoms with Crippen LogP contribution in [0.2, 0.25) is 0 Å². The molecule has 1 heteroatoms. The molecule has 18 heavy (non-hydrogen) atoms. The first-order valence-corrected chi connectivity index (χ1v) is 7.53. The lowest BCUT2D eigenvalue weighted by molar-refractivity contribution is 0.235. The minimum atomic E-state index is 0.761. The number of fused-ring (bicyclic) bond motifs is 1. The minimum absolute atomic E-state index is 0.761. The van der Waals surface area contributed by atoms with Gasteiger partial charge in [-0.25, -0.2) is 0 Å². The van der Waals surface area contributed by atoms with Crippen molar-refractivity contribution in [2.45, 2.75) is 51.5 Å². The van der Waals surface area contributed by atoms with E-state index < -0.39 is 0 Å². The largest absolute Gasteiger partial charge is 0.313 e. The molecule has 0 heterocycles. The predicted molar refractivity (Wildman–Crippen MR) is 76.9 cm³/mol. The van der Waals surface area contributed by atoms with Crippen LogP contribution in [0, 0.1) is 11.8 Å². The van der Waals surface area contributed by atoms with Crippen LogP contribution in [-0.2, 0) is 6.42 Å². The normalized spacial score (nSPS) is 34.8. The molecule has 1 nitrogen and oxygen atoms in total. The van der Waals surface area contributed by atoms with Crippen molar-refractivity contribution in [3.63, 3.8) is 0 Å². The third-order valence-electron chi connectivity index (χ3n) is 4.79. The fourth-order valence-corrected chi connectivity index (χ4v) is 3.97. The van der Waals surface area contributed by atoms with Gasteiger partial charge in [0.15, 0.2) is 0 Å². The molecule has 98 valence electrons. The Morgan fingerprint density at radius 1 is 1.06 bits per heavy atom. The van der Waals surface area contributed by atoms with Gasteiger partial charge < -0.3 is 5.32 Å². The van der Waals surface area contributed by atoms with Gasteiger partial charge in [0.05, 0.1) is 0 Å². The SMILES string of the molecule is CC1CC(C)CC(NCC2Cc3ccccc32)C1. The van der Waals surface area contributed by atoms with Crippen molar-refractivity contribution in [3.8, 4) is 0 Å². The van der Waals surface area contributed by atoms with E-state index in [1.807, 2.05) is 0 Å². The van der Waals surface area contributed by atoms with E-state index in [0.29, 0.717) is 0 Å². The molecule has 3 atom stereocenters. The van der Waals surface area contributed by atoms with Crippen LogP contribution in [-0.4, -0.2) is 12.6 Å². The zero-order valence-corrected chi connectivity index (χ0v) is 11.7. The van der Waals surface area contributed by atoms with Gasteiger partial charge in [-0.15, -0.1) is 0 Å². The molecule has 0 radical (unpaired) electrons. The Labute approximate surface area is 111 Å². The summed E-state index contributed by atoms with van der Waals surface area (Å²) in [4.78, 5) is 0. The highest BCUT2D eigenvalue weighted by Crippen LogP contribution is 2.35. The van der Waals surface area contributed by atoms with E-state index in [2.05, 4.69) is 43.4 Å². The number of benzene rings is 1. The number of nitrogens with one attached hydrogen (secondary N) is 1. The summed E-state index contributed by atoms with van der Waals surface area (Å²) in [5, 5.41) is 3.83. The topological polar surface area (TPSA) is 12.0 Å². The maximum Gasteiger partial charge on any atom is 0.00723 e. The van der Waals surface area contributed by atoms with Gasteiger partial charge in [0, 0.05) is 18.5 Å². The van der Waals surface area contributed by atoms with Gasteiger partial charge in [0.25, 0.3) is 0 Å². The highest BCUT2D eigenvalue weighted by Gasteiger charge is 2.28. The standard InChI is InChI=1S/C17H25N/c1-12-7-13(2)9-16(8-12)18-11-15-10-14-5-3-4-6-17(14)15/h3-6,12-13,15-16,18H,7-11H2,1-2H3. The Morgan fingerprint density at radius 2 is 1.78 bits per heavy atom. The number of hydrogen-bond acceptors (Lipinski definition) is 1. The summed E-state index contributed by atoms with van der Waals surface area (Å²) in [6, 6.07) is 9.67. The third-order valence-corrected chi connectivity index (χ3v) is 4.79. The van der Waals surface area contributed by atoms with Gasteiger partial charge in [-0.3, -0.25) is 0 Å². The Bertz CT molecular complexity index is 402. The summed E-state index contributed by atoms with van der Waals surface area (Å²) in [5.74, 6) is 2.58. The molecule has 0 amide bonds. The molecule has 1 aromatic carbocycles. The van der Waals surface area contributed by atoms with Crippen LogP contribution in [0.5, 0.6) is 0 Å². The van der Waals surface area contributed by atoms with Crippen molar-refractivity contribution in [1.29, 1.82) is 0 Å². The molecule has 1 aromatic rings. The lowest BCUT2D eigenvalue weighted by atomic mass is 9.76. The Hall–Kier alpha value is -0.820. The van der Waals surface area contributed by atoms with Crippen LogP contribution in [0.4, 0.5) is 0 Å². The van der Waals surface area contributed by atoms with Crippen LogP contribution < -0.4 is 5.32 Å². The summed E-state index contributed by atoms with van der Waals surface area (Å²) >= 11 is 0. The van der Waals surface area contributed by atoms with Crippen LogP contribution >= 0.6 is 0 Å². The van der Waals surface area contributed by atoms with Crippen molar-refractivity contribution < 1.29 is 0 Å². The molecule has 2 aliphatic rings. The second kappa shape index (κ2) is 5.05. The van der Waals surface area contributed by atoms with E-state index in [1.165, 1.54) is 32.2 Å². The Kier molecular flexibility index (Phi) is 3.43. The van der Waals surface area contributed by atoms with Gasteiger partial charge in [-0.05, 0) is 48.6 Å². The fraction of sp³-hybridized carbons (Fsp3) is 0.647. The minimum Gasteiger partial charge on any atom is -0.313 e. The van der Waals surface area contributed by atoms with Crippen LogP contribution in [0.3, 0.4) is 0 Å². The molecule has 0 bridgehead atoms. The van der Waals surface area contributed by atoms with Crippen molar-refractivity contribution in [3.05, 3.63) is 35.4 Å². The van der Waals surface area contributed by atoms with E-state index in [4.69, 9.17) is 0 Å². The molecule has 0 aliphatic heterocycles. The van der Waals surface area contributed by atoms with Crippen molar-refractivity contribution in [2.24, 2.45) is 11.8 Å². The van der Waals surface area contributed by atoms with Gasteiger partial charge in [-0.1, -0.05) is 38.1 Å². The smallest absolute Gasteiger partial charge is 0.00723 e. The summed E-state index contributed by atoms with van der Waals surface area (Å²) in [6.07, 6.45) is 5.45. The van der Waals surface area contributed by atoms with Gasteiger partial charge in [-0.2, -0.15) is 0 Å². The predicted octanol–water partition coefficient (Wildman–Crippen LogP) is 3.74. The average molecular weight is 243 g/mol. The molecule has 1 fully saturated rings. The molecule has 1 saturated carbocycles. The van der Waals surface area contributed by atoms with Crippen molar-refractivity contribution >= 4 is 0 Å². The van der Waals surface area contributed by atoms with Crippen LogP contribution in [0.25, 0.3) is 0 Å². The number of hydrogen-bond donors (Lipinski definition) is 1. The molecule has 3 unspecified atom stereocenters. The van der Waals surface area contributed by atoms with Crippen LogP contribution in [0.1, 0.15) is 50.2 Å². The average Bonchev–Trinajstić information content (AvgIpc) is 2.29. The summed E-state index contributed by atoms with van der Waals surface area (Å²) < 4.78 is 0. The maximum absolute atomic E-state index is 3.83. The molecular formula is C17H25N. The van der Waals surface area contributed by atoms with Gasteiger partial charge in [0.2, 0.25) is 0 Å². The maximum atomic E-state index is 3.83. The van der Waals surface area contributed by atoms with E-state index in [1.54, 1.807) is 11.1 Å². The lowest BCUT2D eigenvalue weighted by Crippen LogP contribution is -2.40. The highest BCUT2D eigenvalue weighted by atomic mass is 14.9. The molecule has 0 aromatic heterocycles. The fourth-order valence-electron chi connectivity index (χ4n) is 3.97. The van der Waals surface area contributed by atoms with Crippen LogP contribution in [0.15, 0.2) is 24.3 Å². The Morgan fingerprint density at radius 3 is 2.50 bits per heavy atom. The monoisotopic (exact) mass is 243 g/mol. The first-order chi connectivity index (χ1) is 8.72. The molecule has 3 rings (SSSR count). The van der Waals surface area contributed by atoms with E-state index >= 15 is 0 Å². The summed E-state index contributed by atoms with van der Waals surface area (Å²) in [7, 11) is 0. The summed E-state index contributed by atoms with van der Waals surface area (Å²) in [5.41, 5.74) is 3.15. The van der Waals surface area contributed by atoms with E-state index in [0.717, 1.165) is 23.8 Å². The van der Waals surface area contributed by atoms with Crippen molar-refractivity contribution in [2.75, 3.05) is 6.54 Å². The first kappa shape index (κ1) is 12.2. The van der Waals surface area contributed by atoms with Gasteiger partial charge >= 0.3 is 0 Å². The zero-order chi connectivity index (χ0) is 12.5. The molecule has 0 saturated heterocycles. The molecule has 1 N–H and O–H groups in total. The second-order valence-electron chi connectivity index (χ2n) is 6.62. The van der Waals surface area contributed by atoms with Crippen molar-refractivity contribution in [1.82, 2.24) is 5.32 Å². The second-order valence-corrected chi connectivity index (χ2v) is 6.62. The van der Waals surface area contributed by atoms with E-state index in [9.17, 15) is 0 Å². The van der Waals surface area contributed by atoms with Gasteiger partial charge in [0.1, 0.15) is 0 Å². The molecule has 2 aliphatic carbocycles. The zero-order valence-electron chi connectivity index (χ0n) is 11.7. The Balaban J connectivity index is 1.51. The third kappa shape index (κ3) is 2.47.